The predicted octanol–water partition coefficient (Wildman–Crippen LogP) is 1.86. The number of nitrogens with zero attached hydrogens (tertiary/aromatic N) is 1. The standard InChI is InChI=1S/C9H14N2/c1-8(2)11-7-9-4-3-5-10-6-9/h3,5-8,10H,4H2,1-2H3. The number of dihydropyridines is 1. The number of allylic oxidation sites excluding steroid dienone is 2. The van der Waals surface area contributed by atoms with Crippen LogP contribution >= 0.6 is 0 Å². The summed E-state index contributed by atoms with van der Waals surface area (Å²) in [5.74, 6) is 0. The highest BCUT2D eigenvalue weighted by Crippen LogP contribution is 2.02. The molecule has 0 aliphatic carbocycles. The van der Waals surface area contributed by atoms with Crippen molar-refractivity contribution in [3.05, 3.63) is 24.0 Å². The summed E-state index contributed by atoms with van der Waals surface area (Å²) in [6.07, 6.45) is 8.92. The lowest BCUT2D eigenvalue weighted by Gasteiger charge is -2.03. The quantitative estimate of drug-likeness (QED) is 0.597. The van der Waals surface area contributed by atoms with Crippen molar-refractivity contribution in [3.8, 4) is 0 Å². The molecule has 0 spiro atoms. The molecule has 0 aromatic carbocycles. The smallest absolute Gasteiger partial charge is 0.0443 e. The Kier molecular flexibility index (Phi) is 2.90. The Morgan fingerprint density at radius 1 is 1.64 bits per heavy atom. The van der Waals surface area contributed by atoms with E-state index in [-0.39, 0.29) is 0 Å². The summed E-state index contributed by atoms with van der Waals surface area (Å²) in [7, 11) is 0. The molecule has 0 saturated carbocycles. The summed E-state index contributed by atoms with van der Waals surface area (Å²) in [5, 5.41) is 3.02. The summed E-state index contributed by atoms with van der Waals surface area (Å²) in [5.41, 5.74) is 1.24. The molecule has 60 valence electrons. The van der Waals surface area contributed by atoms with Crippen LogP contribution in [0.1, 0.15) is 20.3 Å². The van der Waals surface area contributed by atoms with Crippen molar-refractivity contribution < 1.29 is 0 Å². The van der Waals surface area contributed by atoms with E-state index in [9.17, 15) is 0 Å². The molecule has 2 nitrogen and oxygen atoms in total. The molecule has 0 aromatic heterocycles. The molecule has 1 rings (SSSR count). The zero-order valence-electron chi connectivity index (χ0n) is 7.04. The van der Waals surface area contributed by atoms with Crippen molar-refractivity contribution in [3.63, 3.8) is 0 Å². The maximum Gasteiger partial charge on any atom is 0.0443 e. The fourth-order valence-electron chi connectivity index (χ4n) is 0.812. The van der Waals surface area contributed by atoms with Crippen LogP contribution in [0.15, 0.2) is 29.0 Å². The van der Waals surface area contributed by atoms with Crippen LogP contribution in [0.5, 0.6) is 0 Å². The molecule has 1 N–H and O–H groups in total. The van der Waals surface area contributed by atoms with Gasteiger partial charge in [0.2, 0.25) is 0 Å². The van der Waals surface area contributed by atoms with Gasteiger partial charge < -0.3 is 5.32 Å². The van der Waals surface area contributed by atoms with E-state index in [1.54, 1.807) is 0 Å². The van der Waals surface area contributed by atoms with Crippen molar-refractivity contribution in [2.45, 2.75) is 26.3 Å². The van der Waals surface area contributed by atoms with Gasteiger partial charge in [-0.3, -0.25) is 4.99 Å². The van der Waals surface area contributed by atoms with E-state index in [0.717, 1.165) is 6.42 Å². The SMILES string of the molecule is CC(C)N=CC1=CNC=CC1. The average Bonchev–Trinajstić information content (AvgIpc) is 2.03. The summed E-state index contributed by atoms with van der Waals surface area (Å²) in [4.78, 5) is 4.28. The van der Waals surface area contributed by atoms with Gasteiger partial charge in [-0.15, -0.1) is 0 Å². The third kappa shape index (κ3) is 3.03. The van der Waals surface area contributed by atoms with E-state index in [0.29, 0.717) is 6.04 Å². The Labute approximate surface area is 67.7 Å². The van der Waals surface area contributed by atoms with Crippen molar-refractivity contribution in [2.24, 2.45) is 4.99 Å². The first-order valence-electron chi connectivity index (χ1n) is 3.92. The second kappa shape index (κ2) is 3.96. The molecule has 0 saturated heterocycles. The molecule has 0 unspecified atom stereocenters. The Hall–Kier alpha value is -1.05. The van der Waals surface area contributed by atoms with E-state index in [1.807, 2.05) is 18.6 Å². The lowest BCUT2D eigenvalue weighted by atomic mass is 10.2. The van der Waals surface area contributed by atoms with Gasteiger partial charge in [-0.25, -0.2) is 0 Å². The number of hydrogen-bond donors (Lipinski definition) is 1. The maximum atomic E-state index is 4.28. The zero-order valence-corrected chi connectivity index (χ0v) is 7.04. The summed E-state index contributed by atoms with van der Waals surface area (Å²) >= 11 is 0. The van der Waals surface area contributed by atoms with E-state index < -0.39 is 0 Å². The van der Waals surface area contributed by atoms with Gasteiger partial charge in [0.1, 0.15) is 0 Å². The molecule has 11 heavy (non-hydrogen) atoms. The molecule has 0 fully saturated rings. The molecular weight excluding hydrogens is 136 g/mol. The van der Waals surface area contributed by atoms with Gasteiger partial charge in [-0.1, -0.05) is 6.08 Å². The van der Waals surface area contributed by atoms with Crippen LogP contribution in [0.25, 0.3) is 0 Å². The number of nitrogens with one attached hydrogen (secondary N) is 1. The minimum absolute atomic E-state index is 0.391. The van der Waals surface area contributed by atoms with E-state index in [4.69, 9.17) is 0 Å². The molecule has 0 amide bonds. The second-order valence-electron chi connectivity index (χ2n) is 2.86. The highest BCUT2D eigenvalue weighted by molar-refractivity contribution is 5.79. The molecule has 2 heteroatoms. The Balaban J connectivity index is 2.43. The molecular formula is C9H14N2. The average molecular weight is 150 g/mol. The van der Waals surface area contributed by atoms with Gasteiger partial charge in [-0.05, 0) is 32.0 Å². The first-order valence-corrected chi connectivity index (χ1v) is 3.92. The van der Waals surface area contributed by atoms with Gasteiger partial charge in [0.25, 0.3) is 0 Å². The fourth-order valence-corrected chi connectivity index (χ4v) is 0.812. The second-order valence-corrected chi connectivity index (χ2v) is 2.86. The minimum atomic E-state index is 0.391. The molecule has 0 bridgehead atoms. The molecule has 1 aliphatic rings. The molecule has 0 aromatic rings. The third-order valence-electron chi connectivity index (χ3n) is 1.37. The van der Waals surface area contributed by atoms with Crippen LogP contribution in [-0.4, -0.2) is 12.3 Å². The highest BCUT2D eigenvalue weighted by atomic mass is 14.8. The maximum absolute atomic E-state index is 4.28. The Morgan fingerprint density at radius 3 is 3.00 bits per heavy atom. The van der Waals surface area contributed by atoms with Crippen LogP contribution in [0.3, 0.4) is 0 Å². The van der Waals surface area contributed by atoms with E-state index in [2.05, 4.69) is 30.2 Å². The number of rotatable bonds is 2. The first-order chi connectivity index (χ1) is 5.29. The predicted molar refractivity (Wildman–Crippen MR) is 48.6 cm³/mol. The summed E-state index contributed by atoms with van der Waals surface area (Å²) < 4.78 is 0. The van der Waals surface area contributed by atoms with Crippen molar-refractivity contribution >= 4 is 6.21 Å². The van der Waals surface area contributed by atoms with Crippen molar-refractivity contribution in [2.75, 3.05) is 0 Å². The third-order valence-corrected chi connectivity index (χ3v) is 1.37. The van der Waals surface area contributed by atoms with Crippen molar-refractivity contribution in [1.82, 2.24) is 5.32 Å². The molecule has 1 aliphatic heterocycles. The first kappa shape index (κ1) is 8.05. The van der Waals surface area contributed by atoms with Gasteiger partial charge in [0, 0.05) is 18.5 Å². The number of aliphatic imine (C=N–C) groups is 1. The highest BCUT2D eigenvalue weighted by Gasteiger charge is 1.93. The lowest BCUT2D eigenvalue weighted by Crippen LogP contribution is -2.02. The summed E-state index contributed by atoms with van der Waals surface area (Å²) in [6, 6.07) is 0.391. The molecule has 1 heterocycles. The van der Waals surface area contributed by atoms with Gasteiger partial charge in [0.15, 0.2) is 0 Å². The van der Waals surface area contributed by atoms with Crippen molar-refractivity contribution in [1.29, 1.82) is 0 Å². The zero-order chi connectivity index (χ0) is 8.10. The fraction of sp³-hybridized carbons (Fsp3) is 0.444. The summed E-state index contributed by atoms with van der Waals surface area (Å²) in [6.45, 7) is 4.15. The molecule has 0 radical (unpaired) electrons. The minimum Gasteiger partial charge on any atom is -0.368 e. The Morgan fingerprint density at radius 2 is 2.45 bits per heavy atom. The number of hydrogen-bond acceptors (Lipinski definition) is 2. The van der Waals surface area contributed by atoms with E-state index in [1.165, 1.54) is 5.57 Å². The Bertz CT molecular complexity index is 200. The lowest BCUT2D eigenvalue weighted by molar-refractivity contribution is 0.839. The molecule has 0 atom stereocenters. The van der Waals surface area contributed by atoms with E-state index >= 15 is 0 Å². The van der Waals surface area contributed by atoms with Crippen LogP contribution < -0.4 is 5.32 Å². The van der Waals surface area contributed by atoms with Crippen LogP contribution in [0, 0.1) is 0 Å². The van der Waals surface area contributed by atoms with Crippen LogP contribution in [0.2, 0.25) is 0 Å². The van der Waals surface area contributed by atoms with Gasteiger partial charge in [0.05, 0.1) is 0 Å². The largest absolute Gasteiger partial charge is 0.368 e. The van der Waals surface area contributed by atoms with Gasteiger partial charge >= 0.3 is 0 Å². The van der Waals surface area contributed by atoms with Crippen LogP contribution in [0.4, 0.5) is 0 Å². The van der Waals surface area contributed by atoms with Gasteiger partial charge in [-0.2, -0.15) is 0 Å². The monoisotopic (exact) mass is 150 g/mol. The van der Waals surface area contributed by atoms with Crippen LogP contribution in [-0.2, 0) is 0 Å². The normalized spacial score (nSPS) is 17.2. The topological polar surface area (TPSA) is 24.4 Å².